The first-order chi connectivity index (χ1) is 13.2. The average molecular weight is 406 g/mol. The molecule has 1 aliphatic carbocycles. The van der Waals surface area contributed by atoms with E-state index in [1.807, 2.05) is 18.8 Å². The fourth-order valence-corrected chi connectivity index (χ4v) is 7.04. The van der Waals surface area contributed by atoms with Crippen molar-refractivity contribution in [3.63, 3.8) is 0 Å². The van der Waals surface area contributed by atoms with Crippen molar-refractivity contribution in [2.45, 2.75) is 59.2 Å². The van der Waals surface area contributed by atoms with Crippen molar-refractivity contribution in [1.82, 2.24) is 14.4 Å². The van der Waals surface area contributed by atoms with E-state index in [0.29, 0.717) is 23.4 Å². The topological polar surface area (TPSA) is 48.7 Å². The van der Waals surface area contributed by atoms with E-state index in [0.717, 1.165) is 49.1 Å². The molecular weight excluding hydrogens is 370 g/mol. The zero-order valence-electron chi connectivity index (χ0n) is 17.8. The molecule has 3 fully saturated rings. The summed E-state index contributed by atoms with van der Waals surface area (Å²) in [6.07, 6.45) is 3.68. The summed E-state index contributed by atoms with van der Waals surface area (Å²) in [6, 6.07) is 2.18. The maximum atomic E-state index is 12.5. The van der Waals surface area contributed by atoms with Gasteiger partial charge in [0, 0.05) is 69.1 Å². The molecule has 0 unspecified atom stereocenters. The molecule has 2 bridgehead atoms. The zero-order chi connectivity index (χ0) is 20.1. The molecule has 0 amide bonds. The first-order valence-electron chi connectivity index (χ1n) is 10.6. The fourth-order valence-electron chi connectivity index (χ4n) is 6.07. The van der Waals surface area contributed by atoms with Crippen molar-refractivity contribution in [1.29, 1.82) is 0 Å². The van der Waals surface area contributed by atoms with Crippen molar-refractivity contribution in [2.75, 3.05) is 31.1 Å². The van der Waals surface area contributed by atoms with E-state index in [1.165, 1.54) is 19.3 Å². The Morgan fingerprint density at radius 2 is 1.89 bits per heavy atom. The molecule has 6 heteroatoms. The van der Waals surface area contributed by atoms with Crippen molar-refractivity contribution in [3.8, 4) is 5.75 Å². The summed E-state index contributed by atoms with van der Waals surface area (Å²) in [5.41, 5.74) is 2.28. The van der Waals surface area contributed by atoms with Gasteiger partial charge in [-0.15, -0.1) is 0 Å². The van der Waals surface area contributed by atoms with Gasteiger partial charge < -0.3 is 9.67 Å². The molecular formula is C22H35N3O2S. The second-order valence-electron chi connectivity index (χ2n) is 10.4. The van der Waals surface area contributed by atoms with Crippen LogP contribution in [-0.2, 0) is 20.1 Å². The molecule has 3 aliphatic rings. The predicted molar refractivity (Wildman–Crippen MR) is 116 cm³/mol. The van der Waals surface area contributed by atoms with Crippen LogP contribution in [-0.4, -0.2) is 56.7 Å². The molecule has 1 N–H and O–H groups in total. The van der Waals surface area contributed by atoms with Crippen LogP contribution in [0, 0.1) is 10.8 Å². The third-order valence-electron chi connectivity index (χ3n) is 7.01. The summed E-state index contributed by atoms with van der Waals surface area (Å²) in [5.74, 6) is 2.25. The largest absolute Gasteiger partial charge is 0.503 e. The highest BCUT2D eigenvalue weighted by atomic mass is 32.2. The number of rotatable bonds is 4. The van der Waals surface area contributed by atoms with Gasteiger partial charge in [-0.3, -0.25) is 14.6 Å². The van der Waals surface area contributed by atoms with Crippen molar-refractivity contribution >= 4 is 11.8 Å². The number of fused-ring (bicyclic) bond motifs is 2. The lowest BCUT2D eigenvalue weighted by molar-refractivity contribution is 0.126. The van der Waals surface area contributed by atoms with Gasteiger partial charge in [0.1, 0.15) is 0 Å². The van der Waals surface area contributed by atoms with Gasteiger partial charge in [0.15, 0.2) is 5.75 Å². The molecule has 1 aromatic rings. The number of pyridine rings is 1. The maximum absolute atomic E-state index is 12.5. The van der Waals surface area contributed by atoms with Crippen LogP contribution in [0.15, 0.2) is 10.9 Å². The number of hydrogen-bond donors (Lipinski definition) is 1. The van der Waals surface area contributed by atoms with Crippen molar-refractivity contribution < 1.29 is 5.11 Å². The van der Waals surface area contributed by atoms with Gasteiger partial charge in [-0.25, -0.2) is 0 Å². The third kappa shape index (κ3) is 4.01. The van der Waals surface area contributed by atoms with Gasteiger partial charge in [-0.05, 0) is 30.1 Å². The summed E-state index contributed by atoms with van der Waals surface area (Å²) in [7, 11) is 2.01. The molecule has 2 saturated heterocycles. The molecule has 156 valence electrons. The predicted octanol–water partition coefficient (Wildman–Crippen LogP) is 3.04. The lowest BCUT2D eigenvalue weighted by Gasteiger charge is -2.40. The SMILES string of the molecule is Cn1c(CN2CCSCC2)cc(=O)c(O)c1CN1C[C@@]2(C)C[C@H]1CC(C)(C)C2. The van der Waals surface area contributed by atoms with Crippen molar-refractivity contribution in [3.05, 3.63) is 27.7 Å². The lowest BCUT2D eigenvalue weighted by Crippen LogP contribution is -2.36. The van der Waals surface area contributed by atoms with Crippen LogP contribution in [0.4, 0.5) is 0 Å². The van der Waals surface area contributed by atoms with E-state index in [2.05, 4.69) is 35.1 Å². The van der Waals surface area contributed by atoms with Gasteiger partial charge >= 0.3 is 0 Å². The number of aromatic hydroxyl groups is 1. The van der Waals surface area contributed by atoms with Crippen LogP contribution in [0.25, 0.3) is 0 Å². The smallest absolute Gasteiger partial charge is 0.223 e. The van der Waals surface area contributed by atoms with Crippen LogP contribution in [0.3, 0.4) is 0 Å². The van der Waals surface area contributed by atoms with Gasteiger partial charge in [0.05, 0.1) is 5.69 Å². The monoisotopic (exact) mass is 405 g/mol. The van der Waals surface area contributed by atoms with E-state index in [9.17, 15) is 9.90 Å². The normalized spacial score (nSPS) is 30.6. The molecule has 1 aromatic heterocycles. The lowest BCUT2D eigenvalue weighted by atomic mass is 9.65. The summed E-state index contributed by atoms with van der Waals surface area (Å²) in [6.45, 7) is 11.8. The Morgan fingerprint density at radius 1 is 1.18 bits per heavy atom. The van der Waals surface area contributed by atoms with Crippen LogP contribution < -0.4 is 5.43 Å². The highest BCUT2D eigenvalue weighted by Gasteiger charge is 2.49. The van der Waals surface area contributed by atoms with Crippen LogP contribution >= 0.6 is 11.8 Å². The first kappa shape index (κ1) is 20.3. The molecule has 0 radical (unpaired) electrons. The average Bonchev–Trinajstić information content (AvgIpc) is 2.85. The first-order valence-corrected chi connectivity index (χ1v) is 11.8. The number of thioether (sulfide) groups is 1. The Morgan fingerprint density at radius 3 is 2.61 bits per heavy atom. The molecule has 4 rings (SSSR count). The summed E-state index contributed by atoms with van der Waals surface area (Å²) in [5, 5.41) is 10.6. The number of nitrogens with zero attached hydrogens (tertiary/aromatic N) is 3. The van der Waals surface area contributed by atoms with Gasteiger partial charge in [0.25, 0.3) is 0 Å². The molecule has 5 nitrogen and oxygen atoms in total. The zero-order valence-corrected chi connectivity index (χ0v) is 18.6. The molecule has 2 aliphatic heterocycles. The molecule has 3 heterocycles. The van der Waals surface area contributed by atoms with E-state index in [4.69, 9.17) is 0 Å². The second kappa shape index (κ2) is 7.37. The standard InChI is InChI=1S/C22H35N3O2S/c1-21(2)10-17-11-22(3,14-21)15-25(17)13-18-20(27)19(26)9-16(23(18)4)12-24-5-7-28-8-6-24/h9,17,27H,5-8,10-15H2,1-4H3/t17-,22+/m1/s1. The van der Waals surface area contributed by atoms with Crippen LogP contribution in [0.2, 0.25) is 0 Å². The van der Waals surface area contributed by atoms with Gasteiger partial charge in [-0.2, -0.15) is 11.8 Å². The molecule has 2 atom stereocenters. The van der Waals surface area contributed by atoms with E-state index >= 15 is 0 Å². The molecule has 1 saturated carbocycles. The molecule has 0 aromatic carbocycles. The van der Waals surface area contributed by atoms with Crippen LogP contribution in [0.5, 0.6) is 5.75 Å². The Kier molecular flexibility index (Phi) is 5.34. The molecule has 28 heavy (non-hydrogen) atoms. The Bertz CT molecular complexity index is 800. The van der Waals surface area contributed by atoms with Gasteiger partial charge in [-0.1, -0.05) is 20.8 Å². The fraction of sp³-hybridized carbons (Fsp3) is 0.773. The van der Waals surface area contributed by atoms with Crippen LogP contribution in [0.1, 0.15) is 51.4 Å². The quantitative estimate of drug-likeness (QED) is 0.834. The number of likely N-dealkylation sites (tertiary alicyclic amines) is 1. The summed E-state index contributed by atoms with van der Waals surface area (Å²) >= 11 is 1.99. The maximum Gasteiger partial charge on any atom is 0.223 e. The minimum atomic E-state index is -0.233. The van der Waals surface area contributed by atoms with Gasteiger partial charge in [0.2, 0.25) is 5.43 Å². The third-order valence-corrected chi connectivity index (χ3v) is 7.95. The summed E-state index contributed by atoms with van der Waals surface area (Å²) in [4.78, 5) is 17.5. The molecule has 0 spiro atoms. The van der Waals surface area contributed by atoms with E-state index in [1.54, 1.807) is 6.07 Å². The van der Waals surface area contributed by atoms with E-state index < -0.39 is 0 Å². The summed E-state index contributed by atoms with van der Waals surface area (Å²) < 4.78 is 2.08. The highest BCUT2D eigenvalue weighted by molar-refractivity contribution is 7.99. The Hall–Kier alpha value is -0.980. The highest BCUT2D eigenvalue weighted by Crippen LogP contribution is 2.52. The van der Waals surface area contributed by atoms with Crippen molar-refractivity contribution in [2.24, 2.45) is 17.9 Å². The number of aromatic nitrogens is 1. The minimum Gasteiger partial charge on any atom is -0.503 e. The number of hydrogen-bond acceptors (Lipinski definition) is 5. The Labute approximate surface area is 173 Å². The second-order valence-corrected chi connectivity index (χ2v) is 11.6. The minimum absolute atomic E-state index is 0.0636. The Balaban J connectivity index is 1.58. The van der Waals surface area contributed by atoms with E-state index in [-0.39, 0.29) is 11.2 Å².